The Morgan fingerprint density at radius 1 is 1.35 bits per heavy atom. The number of aryl methyl sites for hydroxylation is 2. The zero-order valence-corrected chi connectivity index (χ0v) is 14.3. The van der Waals surface area contributed by atoms with E-state index in [0.29, 0.717) is 13.0 Å². The molecule has 1 rings (SSSR count). The lowest BCUT2D eigenvalue weighted by Gasteiger charge is -2.35. The number of hydrogen-bond acceptors (Lipinski definition) is 3. The molecule has 0 fully saturated rings. The van der Waals surface area contributed by atoms with E-state index in [1.165, 1.54) is 0 Å². The predicted molar refractivity (Wildman–Crippen MR) is 84.1 cm³/mol. The molecule has 116 valence electrons. The highest BCUT2D eigenvalue weighted by molar-refractivity contribution is 6.31. The third-order valence-electron chi connectivity index (χ3n) is 3.52. The largest absolute Gasteiger partial charge is 0.376 e. The summed E-state index contributed by atoms with van der Waals surface area (Å²) in [5, 5.41) is 5.18. The Labute approximate surface area is 127 Å². The van der Waals surface area contributed by atoms with Gasteiger partial charge in [0.15, 0.2) is 0 Å². The number of rotatable bonds is 6. The van der Waals surface area contributed by atoms with Crippen LogP contribution in [0.15, 0.2) is 0 Å². The van der Waals surface area contributed by atoms with Gasteiger partial charge in [0.05, 0.1) is 22.5 Å². The van der Waals surface area contributed by atoms with Gasteiger partial charge in [-0.15, -0.1) is 0 Å². The van der Waals surface area contributed by atoms with Crippen molar-refractivity contribution in [3.8, 4) is 0 Å². The highest BCUT2D eigenvalue weighted by Crippen LogP contribution is 2.28. The van der Waals surface area contributed by atoms with Crippen molar-refractivity contribution in [1.82, 2.24) is 9.78 Å². The van der Waals surface area contributed by atoms with Crippen molar-refractivity contribution in [3.05, 3.63) is 16.4 Å². The zero-order valence-electron chi connectivity index (χ0n) is 13.5. The summed E-state index contributed by atoms with van der Waals surface area (Å²) in [6.45, 7) is 11.2. The molecule has 0 aliphatic carbocycles. The maximum absolute atomic E-state index is 6.39. The van der Waals surface area contributed by atoms with Crippen LogP contribution in [-0.2, 0) is 24.6 Å². The third-order valence-corrected chi connectivity index (χ3v) is 3.96. The van der Waals surface area contributed by atoms with Gasteiger partial charge in [0.2, 0.25) is 0 Å². The number of halogens is 1. The van der Waals surface area contributed by atoms with Crippen molar-refractivity contribution >= 4 is 11.6 Å². The van der Waals surface area contributed by atoms with Crippen LogP contribution in [0.1, 0.15) is 46.0 Å². The maximum Gasteiger partial charge on any atom is 0.0850 e. The van der Waals surface area contributed by atoms with E-state index < -0.39 is 0 Å². The summed E-state index contributed by atoms with van der Waals surface area (Å²) < 4.78 is 7.70. The number of nitrogens with two attached hydrogens (primary N) is 1. The first kappa shape index (κ1) is 17.5. The maximum atomic E-state index is 6.39. The van der Waals surface area contributed by atoms with Gasteiger partial charge in [0.1, 0.15) is 0 Å². The van der Waals surface area contributed by atoms with E-state index in [0.717, 1.165) is 22.8 Å². The first-order valence-electron chi connectivity index (χ1n) is 7.29. The molecule has 2 N–H and O–H groups in total. The van der Waals surface area contributed by atoms with Crippen LogP contribution in [0.3, 0.4) is 0 Å². The fourth-order valence-electron chi connectivity index (χ4n) is 2.57. The van der Waals surface area contributed by atoms with E-state index >= 15 is 0 Å². The molecule has 0 spiro atoms. The van der Waals surface area contributed by atoms with Gasteiger partial charge >= 0.3 is 0 Å². The van der Waals surface area contributed by atoms with Gasteiger partial charge in [0.25, 0.3) is 0 Å². The normalized spacial score (nSPS) is 15.4. The molecule has 0 amide bonds. The molecule has 2 unspecified atom stereocenters. The quantitative estimate of drug-likeness (QED) is 0.879. The SMILES string of the molecule is CCOC(C(N)Cc1c(Cl)c(CC)nn1C)C(C)(C)C. The molecule has 2 atom stereocenters. The molecular formula is C15H28ClN3O. The van der Waals surface area contributed by atoms with Gasteiger partial charge in [-0.2, -0.15) is 5.10 Å². The van der Waals surface area contributed by atoms with Crippen LogP contribution in [0.2, 0.25) is 5.02 Å². The van der Waals surface area contributed by atoms with E-state index in [-0.39, 0.29) is 17.6 Å². The molecule has 0 radical (unpaired) electrons. The van der Waals surface area contributed by atoms with Crippen molar-refractivity contribution < 1.29 is 4.74 Å². The lowest BCUT2D eigenvalue weighted by molar-refractivity contribution is -0.0277. The third kappa shape index (κ3) is 3.96. The molecule has 1 aromatic rings. The Morgan fingerprint density at radius 3 is 2.35 bits per heavy atom. The van der Waals surface area contributed by atoms with Gasteiger partial charge in [-0.25, -0.2) is 0 Å². The molecule has 0 aromatic carbocycles. The average molecular weight is 302 g/mol. The fourth-order valence-corrected chi connectivity index (χ4v) is 2.94. The van der Waals surface area contributed by atoms with Crippen LogP contribution < -0.4 is 5.73 Å². The van der Waals surface area contributed by atoms with Crippen LogP contribution in [-0.4, -0.2) is 28.5 Å². The molecule has 1 aromatic heterocycles. The van der Waals surface area contributed by atoms with E-state index in [4.69, 9.17) is 22.1 Å². The van der Waals surface area contributed by atoms with Crippen LogP contribution in [0.25, 0.3) is 0 Å². The number of ether oxygens (including phenoxy) is 1. The lowest BCUT2D eigenvalue weighted by atomic mass is 9.83. The summed E-state index contributed by atoms with van der Waals surface area (Å²) in [5.41, 5.74) is 8.30. The Morgan fingerprint density at radius 2 is 1.95 bits per heavy atom. The van der Waals surface area contributed by atoms with Gasteiger partial charge in [-0.3, -0.25) is 4.68 Å². The van der Waals surface area contributed by atoms with Crippen LogP contribution in [0.5, 0.6) is 0 Å². The molecule has 0 bridgehead atoms. The van der Waals surface area contributed by atoms with Crippen molar-refractivity contribution in [1.29, 1.82) is 0 Å². The number of nitrogens with zero attached hydrogens (tertiary/aromatic N) is 2. The molecule has 0 aliphatic rings. The van der Waals surface area contributed by atoms with Gasteiger partial charge in [-0.1, -0.05) is 39.3 Å². The van der Waals surface area contributed by atoms with E-state index in [2.05, 4.69) is 32.8 Å². The standard InChI is InChI=1S/C15H28ClN3O/c1-7-11-13(16)12(19(6)18-11)9-10(17)14(20-8-2)15(3,4)5/h10,14H,7-9,17H2,1-6H3. The summed E-state index contributed by atoms with van der Waals surface area (Å²) in [6, 6.07) is -0.104. The minimum absolute atomic E-state index is 0.00587. The van der Waals surface area contributed by atoms with Crippen molar-refractivity contribution in [2.45, 2.75) is 59.6 Å². The second-order valence-electron chi connectivity index (χ2n) is 6.29. The van der Waals surface area contributed by atoms with Crippen molar-refractivity contribution in [2.24, 2.45) is 18.2 Å². The first-order valence-corrected chi connectivity index (χ1v) is 7.67. The van der Waals surface area contributed by atoms with Crippen LogP contribution in [0, 0.1) is 5.41 Å². The smallest absolute Gasteiger partial charge is 0.0850 e. The highest BCUT2D eigenvalue weighted by Gasteiger charge is 2.32. The topological polar surface area (TPSA) is 53.1 Å². The molecule has 5 heteroatoms. The Hall–Kier alpha value is -0.580. The summed E-state index contributed by atoms with van der Waals surface area (Å²) in [4.78, 5) is 0. The van der Waals surface area contributed by atoms with E-state index in [1.807, 2.05) is 18.7 Å². The first-order chi connectivity index (χ1) is 9.22. The Bertz CT molecular complexity index is 437. The van der Waals surface area contributed by atoms with Crippen molar-refractivity contribution in [3.63, 3.8) is 0 Å². The molecule has 0 saturated carbocycles. The molecule has 0 aliphatic heterocycles. The summed E-state index contributed by atoms with van der Waals surface area (Å²) in [6.07, 6.45) is 1.49. The summed E-state index contributed by atoms with van der Waals surface area (Å²) >= 11 is 6.39. The highest BCUT2D eigenvalue weighted by atomic mass is 35.5. The molecule has 0 saturated heterocycles. The second-order valence-corrected chi connectivity index (χ2v) is 6.67. The van der Waals surface area contributed by atoms with E-state index in [1.54, 1.807) is 0 Å². The Kier molecular flexibility index (Phi) is 6.05. The Balaban J connectivity index is 2.93. The van der Waals surface area contributed by atoms with Gasteiger partial charge in [0, 0.05) is 26.1 Å². The molecule has 4 nitrogen and oxygen atoms in total. The predicted octanol–water partition coefficient (Wildman–Crippen LogP) is 2.96. The lowest BCUT2D eigenvalue weighted by Crippen LogP contribution is -2.46. The molecular weight excluding hydrogens is 274 g/mol. The fraction of sp³-hybridized carbons (Fsp3) is 0.800. The number of hydrogen-bond donors (Lipinski definition) is 1. The number of aromatic nitrogens is 2. The molecule has 20 heavy (non-hydrogen) atoms. The van der Waals surface area contributed by atoms with Crippen LogP contribution >= 0.6 is 11.6 Å². The van der Waals surface area contributed by atoms with E-state index in [9.17, 15) is 0 Å². The van der Waals surface area contributed by atoms with Gasteiger partial charge < -0.3 is 10.5 Å². The molecule has 1 heterocycles. The summed E-state index contributed by atoms with van der Waals surface area (Å²) in [5.74, 6) is 0. The minimum Gasteiger partial charge on any atom is -0.376 e. The summed E-state index contributed by atoms with van der Waals surface area (Å²) in [7, 11) is 1.92. The van der Waals surface area contributed by atoms with Crippen LogP contribution in [0.4, 0.5) is 0 Å². The van der Waals surface area contributed by atoms with Gasteiger partial charge in [-0.05, 0) is 18.8 Å². The zero-order chi connectivity index (χ0) is 15.5. The van der Waals surface area contributed by atoms with Crippen molar-refractivity contribution in [2.75, 3.05) is 6.61 Å². The minimum atomic E-state index is -0.104. The second kappa shape index (κ2) is 6.92. The average Bonchev–Trinajstić information content (AvgIpc) is 2.61. The monoisotopic (exact) mass is 301 g/mol.